The predicted molar refractivity (Wildman–Crippen MR) is 53.5 cm³/mol. The van der Waals surface area contributed by atoms with Gasteiger partial charge in [0.05, 0.1) is 0 Å². The maximum atomic E-state index is 10.9. The molecule has 0 aromatic rings. The average molecular weight is 184 g/mol. The number of rotatable bonds is 1. The standard InChI is InChI=1S/C10H20N2O/c1-7-6-12(4)8(2)5-10(7)11-9(3)13/h7-8,10H,5-6H2,1-4H3,(H,11,13)/t7-,8+,10-/m1/s1. The van der Waals surface area contributed by atoms with E-state index < -0.39 is 0 Å². The van der Waals surface area contributed by atoms with Crippen molar-refractivity contribution in [2.24, 2.45) is 5.92 Å². The molecule has 13 heavy (non-hydrogen) atoms. The first-order chi connectivity index (χ1) is 6.00. The third-order valence-corrected chi connectivity index (χ3v) is 3.00. The van der Waals surface area contributed by atoms with Crippen LogP contribution >= 0.6 is 0 Å². The summed E-state index contributed by atoms with van der Waals surface area (Å²) in [6.07, 6.45) is 1.07. The summed E-state index contributed by atoms with van der Waals surface area (Å²) in [5, 5.41) is 3.02. The van der Waals surface area contributed by atoms with Crippen molar-refractivity contribution in [2.75, 3.05) is 13.6 Å². The highest BCUT2D eigenvalue weighted by Gasteiger charge is 2.28. The maximum Gasteiger partial charge on any atom is 0.217 e. The van der Waals surface area contributed by atoms with E-state index in [1.807, 2.05) is 0 Å². The van der Waals surface area contributed by atoms with E-state index in [1.165, 1.54) is 0 Å². The summed E-state index contributed by atoms with van der Waals surface area (Å²) in [6.45, 7) is 7.07. The highest BCUT2D eigenvalue weighted by molar-refractivity contribution is 5.73. The van der Waals surface area contributed by atoms with Gasteiger partial charge in [0, 0.05) is 25.6 Å². The van der Waals surface area contributed by atoms with E-state index in [0.29, 0.717) is 18.0 Å². The van der Waals surface area contributed by atoms with Crippen molar-refractivity contribution in [3.63, 3.8) is 0 Å². The molecule has 0 radical (unpaired) electrons. The smallest absolute Gasteiger partial charge is 0.217 e. The molecule has 76 valence electrons. The first-order valence-corrected chi connectivity index (χ1v) is 4.98. The van der Waals surface area contributed by atoms with E-state index in [1.54, 1.807) is 6.92 Å². The quantitative estimate of drug-likeness (QED) is 0.655. The minimum absolute atomic E-state index is 0.0913. The van der Waals surface area contributed by atoms with Crippen LogP contribution in [0.5, 0.6) is 0 Å². The zero-order valence-electron chi connectivity index (χ0n) is 9.00. The Morgan fingerprint density at radius 1 is 1.46 bits per heavy atom. The third-order valence-electron chi connectivity index (χ3n) is 3.00. The Morgan fingerprint density at radius 2 is 2.08 bits per heavy atom. The van der Waals surface area contributed by atoms with Gasteiger partial charge in [-0.3, -0.25) is 4.79 Å². The fourth-order valence-corrected chi connectivity index (χ4v) is 2.00. The summed E-state index contributed by atoms with van der Waals surface area (Å²) >= 11 is 0. The Hall–Kier alpha value is -0.570. The number of amides is 1. The van der Waals surface area contributed by atoms with Crippen molar-refractivity contribution < 1.29 is 4.79 Å². The van der Waals surface area contributed by atoms with Gasteiger partial charge >= 0.3 is 0 Å². The van der Waals surface area contributed by atoms with Crippen molar-refractivity contribution in [3.8, 4) is 0 Å². The van der Waals surface area contributed by atoms with Crippen LogP contribution in [0.15, 0.2) is 0 Å². The number of nitrogens with zero attached hydrogens (tertiary/aromatic N) is 1. The van der Waals surface area contributed by atoms with Crippen LogP contribution < -0.4 is 5.32 Å². The van der Waals surface area contributed by atoms with E-state index in [-0.39, 0.29) is 5.91 Å². The van der Waals surface area contributed by atoms with Crippen LogP contribution in [0.1, 0.15) is 27.2 Å². The molecule has 0 aromatic carbocycles. The third kappa shape index (κ3) is 2.69. The molecule has 3 atom stereocenters. The molecule has 1 aliphatic rings. The number of hydrogen-bond donors (Lipinski definition) is 1. The van der Waals surface area contributed by atoms with Gasteiger partial charge < -0.3 is 10.2 Å². The van der Waals surface area contributed by atoms with E-state index in [2.05, 4.69) is 31.1 Å². The molecule has 1 N–H and O–H groups in total. The molecule has 0 saturated carbocycles. The van der Waals surface area contributed by atoms with Crippen molar-refractivity contribution >= 4 is 5.91 Å². The van der Waals surface area contributed by atoms with Crippen LogP contribution in [0.4, 0.5) is 0 Å². The molecule has 0 unspecified atom stereocenters. The molecule has 1 heterocycles. The zero-order chi connectivity index (χ0) is 10.0. The second kappa shape index (κ2) is 4.09. The van der Waals surface area contributed by atoms with Gasteiger partial charge in [-0.15, -0.1) is 0 Å². The monoisotopic (exact) mass is 184 g/mol. The number of likely N-dealkylation sites (tertiary alicyclic amines) is 1. The predicted octanol–water partition coefficient (Wildman–Crippen LogP) is 0.851. The Labute approximate surface area is 80.5 Å². The fraction of sp³-hybridized carbons (Fsp3) is 0.900. The Morgan fingerprint density at radius 3 is 2.62 bits per heavy atom. The lowest BCUT2D eigenvalue weighted by Crippen LogP contribution is -2.51. The number of hydrogen-bond acceptors (Lipinski definition) is 2. The Kier molecular flexibility index (Phi) is 3.31. The van der Waals surface area contributed by atoms with E-state index in [9.17, 15) is 4.79 Å². The number of carbonyl (C=O) groups excluding carboxylic acids is 1. The second-order valence-corrected chi connectivity index (χ2v) is 4.31. The minimum Gasteiger partial charge on any atom is -0.353 e. The maximum absolute atomic E-state index is 10.9. The molecular weight excluding hydrogens is 164 g/mol. The molecule has 0 spiro atoms. The van der Waals surface area contributed by atoms with Crippen LogP contribution in [0.2, 0.25) is 0 Å². The van der Waals surface area contributed by atoms with Crippen LogP contribution in [-0.2, 0) is 4.79 Å². The molecule has 1 fully saturated rings. The molecule has 0 bridgehead atoms. The van der Waals surface area contributed by atoms with Gasteiger partial charge in [0.15, 0.2) is 0 Å². The molecule has 0 aliphatic carbocycles. The second-order valence-electron chi connectivity index (χ2n) is 4.31. The van der Waals surface area contributed by atoms with E-state index in [0.717, 1.165) is 13.0 Å². The van der Waals surface area contributed by atoms with Crippen molar-refractivity contribution in [3.05, 3.63) is 0 Å². The molecular formula is C10H20N2O. The lowest BCUT2D eigenvalue weighted by molar-refractivity contribution is -0.120. The van der Waals surface area contributed by atoms with Crippen LogP contribution in [0.3, 0.4) is 0 Å². The highest BCUT2D eigenvalue weighted by atomic mass is 16.1. The normalized spacial score (nSPS) is 35.8. The molecule has 3 heteroatoms. The van der Waals surface area contributed by atoms with Gasteiger partial charge in [0.25, 0.3) is 0 Å². The van der Waals surface area contributed by atoms with Crippen LogP contribution in [0.25, 0.3) is 0 Å². The summed E-state index contributed by atoms with van der Waals surface area (Å²) in [6, 6.07) is 0.941. The Bertz CT molecular complexity index is 193. The van der Waals surface area contributed by atoms with Crippen molar-refractivity contribution in [2.45, 2.75) is 39.3 Å². The van der Waals surface area contributed by atoms with Gasteiger partial charge in [-0.1, -0.05) is 6.92 Å². The molecule has 3 nitrogen and oxygen atoms in total. The first kappa shape index (κ1) is 10.5. The highest BCUT2D eigenvalue weighted by Crippen LogP contribution is 2.20. The average Bonchev–Trinajstić information content (AvgIpc) is 1.99. The number of piperidine rings is 1. The molecule has 1 rings (SSSR count). The lowest BCUT2D eigenvalue weighted by Gasteiger charge is -2.39. The fourth-order valence-electron chi connectivity index (χ4n) is 2.00. The van der Waals surface area contributed by atoms with E-state index in [4.69, 9.17) is 0 Å². The number of nitrogens with one attached hydrogen (secondary N) is 1. The molecule has 1 saturated heterocycles. The van der Waals surface area contributed by atoms with Gasteiger partial charge in [-0.05, 0) is 26.3 Å². The first-order valence-electron chi connectivity index (χ1n) is 4.98. The summed E-state index contributed by atoms with van der Waals surface area (Å²) < 4.78 is 0. The molecule has 1 aliphatic heterocycles. The van der Waals surface area contributed by atoms with Gasteiger partial charge in [-0.25, -0.2) is 0 Å². The number of carbonyl (C=O) groups is 1. The van der Waals surface area contributed by atoms with Crippen LogP contribution in [-0.4, -0.2) is 36.5 Å². The summed E-state index contributed by atoms with van der Waals surface area (Å²) in [5.41, 5.74) is 0. The summed E-state index contributed by atoms with van der Waals surface area (Å²) in [7, 11) is 2.14. The zero-order valence-corrected chi connectivity index (χ0v) is 9.00. The SMILES string of the molecule is CC(=O)N[C@@H]1C[C@H](C)N(C)C[C@H]1C. The minimum atomic E-state index is 0.0913. The van der Waals surface area contributed by atoms with Crippen molar-refractivity contribution in [1.29, 1.82) is 0 Å². The summed E-state index contributed by atoms with van der Waals surface area (Å²) in [5.74, 6) is 0.652. The topological polar surface area (TPSA) is 32.3 Å². The largest absolute Gasteiger partial charge is 0.353 e. The molecule has 0 aromatic heterocycles. The van der Waals surface area contributed by atoms with Crippen LogP contribution in [0, 0.1) is 5.92 Å². The molecule has 1 amide bonds. The summed E-state index contributed by atoms with van der Waals surface area (Å²) in [4.78, 5) is 13.3. The lowest BCUT2D eigenvalue weighted by atomic mass is 9.90. The Balaban J connectivity index is 2.51. The van der Waals surface area contributed by atoms with Gasteiger partial charge in [0.2, 0.25) is 5.91 Å². The van der Waals surface area contributed by atoms with E-state index >= 15 is 0 Å². The van der Waals surface area contributed by atoms with Gasteiger partial charge in [0.1, 0.15) is 0 Å². The van der Waals surface area contributed by atoms with Gasteiger partial charge in [-0.2, -0.15) is 0 Å². The van der Waals surface area contributed by atoms with Crippen molar-refractivity contribution in [1.82, 2.24) is 10.2 Å².